The van der Waals surface area contributed by atoms with Gasteiger partial charge in [-0.3, -0.25) is 9.59 Å². The molecule has 2 aromatic carbocycles. The first kappa shape index (κ1) is 27.1. The van der Waals surface area contributed by atoms with E-state index in [1.165, 1.54) is 0 Å². The summed E-state index contributed by atoms with van der Waals surface area (Å²) in [5.74, 6) is -0.244. The van der Waals surface area contributed by atoms with Gasteiger partial charge in [0.2, 0.25) is 11.8 Å². The summed E-state index contributed by atoms with van der Waals surface area (Å²) in [7, 11) is 0. The second-order valence-corrected chi connectivity index (χ2v) is 12.0. The Morgan fingerprint density at radius 2 is 1.29 bits per heavy atom. The minimum absolute atomic E-state index is 0.00373. The molecule has 1 saturated carbocycles. The average molecular weight is 544 g/mol. The van der Waals surface area contributed by atoms with E-state index in [1.54, 1.807) is 36.4 Å². The van der Waals surface area contributed by atoms with Gasteiger partial charge in [-0.05, 0) is 65.5 Å². The highest BCUT2D eigenvalue weighted by molar-refractivity contribution is 6.36. The van der Waals surface area contributed by atoms with E-state index in [0.717, 1.165) is 19.3 Å². The molecule has 2 atom stereocenters. The molecule has 1 aliphatic rings. The van der Waals surface area contributed by atoms with Crippen LogP contribution in [-0.4, -0.2) is 24.4 Å². The quantitative estimate of drug-likeness (QED) is 0.399. The van der Waals surface area contributed by atoms with Crippen LogP contribution in [0.3, 0.4) is 0 Å². The fraction of sp³-hybridized carbons (Fsp3) is 0.462. The Hall–Kier alpha value is -1.46. The van der Waals surface area contributed by atoms with Crippen LogP contribution in [0.2, 0.25) is 20.1 Å². The first-order valence-corrected chi connectivity index (χ1v) is 12.8. The second kappa shape index (κ2) is 11.1. The van der Waals surface area contributed by atoms with E-state index < -0.39 is 0 Å². The van der Waals surface area contributed by atoms with Crippen molar-refractivity contribution in [1.29, 1.82) is 0 Å². The second-order valence-electron chi connectivity index (χ2n) is 10.4. The molecular formula is C26H30Cl4N2O2. The third-order valence-corrected chi connectivity index (χ3v) is 7.74. The maximum atomic E-state index is 12.8. The van der Waals surface area contributed by atoms with Crippen molar-refractivity contribution < 1.29 is 9.59 Å². The maximum absolute atomic E-state index is 12.8. The monoisotopic (exact) mass is 542 g/mol. The lowest BCUT2D eigenvalue weighted by atomic mass is 9.62. The van der Waals surface area contributed by atoms with Gasteiger partial charge in [0.05, 0.1) is 12.8 Å². The number of nitrogens with one attached hydrogen (secondary N) is 2. The number of halogens is 4. The summed E-state index contributed by atoms with van der Waals surface area (Å²) >= 11 is 24.9. The Labute approximate surface area is 221 Å². The normalized spacial score (nSPS) is 21.7. The molecule has 0 aromatic heterocycles. The molecule has 0 radical (unpaired) electrons. The van der Waals surface area contributed by atoms with E-state index in [4.69, 9.17) is 46.4 Å². The molecule has 0 aliphatic heterocycles. The van der Waals surface area contributed by atoms with Crippen LogP contribution in [0.15, 0.2) is 36.4 Å². The first-order valence-electron chi connectivity index (χ1n) is 11.3. The summed E-state index contributed by atoms with van der Waals surface area (Å²) in [6, 6.07) is 10.4. The zero-order valence-electron chi connectivity index (χ0n) is 19.6. The van der Waals surface area contributed by atoms with Crippen molar-refractivity contribution in [3.8, 4) is 0 Å². The summed E-state index contributed by atoms with van der Waals surface area (Å²) < 4.78 is 0. The Balaban J connectivity index is 1.62. The van der Waals surface area contributed by atoms with Gasteiger partial charge in [-0.1, -0.05) is 79.3 Å². The van der Waals surface area contributed by atoms with Crippen LogP contribution in [-0.2, 0) is 22.4 Å². The number of carbonyl (C=O) groups is 2. The summed E-state index contributed by atoms with van der Waals surface area (Å²) in [5, 5.41) is 8.16. The number of hydrogen-bond acceptors (Lipinski definition) is 2. The SMILES string of the molecule is CC1(C)CC(NC(=O)Cc2c(Cl)cccc2Cl)CC(C)(CNC(=O)Cc2c(Cl)cccc2Cl)C1. The van der Waals surface area contributed by atoms with Gasteiger partial charge in [-0.15, -0.1) is 0 Å². The molecule has 3 rings (SSSR count). The fourth-order valence-corrected chi connectivity index (χ4v) is 6.31. The summed E-state index contributed by atoms with van der Waals surface area (Å²) in [6.07, 6.45) is 2.79. The van der Waals surface area contributed by atoms with Crippen LogP contribution >= 0.6 is 46.4 Å². The summed E-state index contributed by atoms with van der Waals surface area (Å²) in [4.78, 5) is 25.5. The van der Waals surface area contributed by atoms with Crippen LogP contribution < -0.4 is 10.6 Å². The zero-order valence-corrected chi connectivity index (χ0v) is 22.6. The number of amides is 2. The van der Waals surface area contributed by atoms with Crippen LogP contribution in [0.1, 0.15) is 51.2 Å². The number of rotatable bonds is 7. The van der Waals surface area contributed by atoms with Crippen molar-refractivity contribution in [3.05, 3.63) is 67.6 Å². The third kappa shape index (κ3) is 7.27. The molecule has 0 bridgehead atoms. The lowest BCUT2D eigenvalue weighted by molar-refractivity contribution is -0.123. The molecule has 2 unspecified atom stereocenters. The van der Waals surface area contributed by atoms with E-state index >= 15 is 0 Å². The lowest BCUT2D eigenvalue weighted by Crippen LogP contribution is -2.50. The molecule has 0 saturated heterocycles. The van der Waals surface area contributed by atoms with Crippen molar-refractivity contribution in [2.45, 2.75) is 58.9 Å². The van der Waals surface area contributed by atoms with Gasteiger partial charge in [-0.2, -0.15) is 0 Å². The van der Waals surface area contributed by atoms with Crippen molar-refractivity contribution in [3.63, 3.8) is 0 Å². The van der Waals surface area contributed by atoms with E-state index in [-0.39, 0.29) is 41.5 Å². The van der Waals surface area contributed by atoms with Crippen molar-refractivity contribution >= 4 is 58.2 Å². The van der Waals surface area contributed by atoms with Gasteiger partial charge in [0.15, 0.2) is 0 Å². The molecule has 8 heteroatoms. The van der Waals surface area contributed by atoms with E-state index in [9.17, 15) is 9.59 Å². The van der Waals surface area contributed by atoms with Crippen LogP contribution in [0.4, 0.5) is 0 Å². The molecule has 2 N–H and O–H groups in total. The molecule has 2 amide bonds. The third-order valence-electron chi connectivity index (χ3n) is 6.32. The Bertz CT molecular complexity index is 1030. The van der Waals surface area contributed by atoms with Crippen LogP contribution in [0, 0.1) is 10.8 Å². The minimum atomic E-state index is -0.179. The molecule has 184 valence electrons. The highest BCUT2D eigenvalue weighted by Gasteiger charge is 2.41. The largest absolute Gasteiger partial charge is 0.355 e. The van der Waals surface area contributed by atoms with Crippen LogP contribution in [0.25, 0.3) is 0 Å². The smallest absolute Gasteiger partial charge is 0.224 e. The molecule has 4 nitrogen and oxygen atoms in total. The number of benzene rings is 2. The average Bonchev–Trinajstić information content (AvgIpc) is 2.71. The van der Waals surface area contributed by atoms with Crippen LogP contribution in [0.5, 0.6) is 0 Å². The number of carbonyl (C=O) groups excluding carboxylic acids is 2. The van der Waals surface area contributed by atoms with Gasteiger partial charge in [0, 0.05) is 32.7 Å². The Morgan fingerprint density at radius 1 is 0.824 bits per heavy atom. The lowest BCUT2D eigenvalue weighted by Gasteiger charge is -2.47. The van der Waals surface area contributed by atoms with Gasteiger partial charge in [0.25, 0.3) is 0 Å². The molecule has 34 heavy (non-hydrogen) atoms. The molecule has 0 spiro atoms. The molecule has 1 fully saturated rings. The highest BCUT2D eigenvalue weighted by Crippen LogP contribution is 2.46. The van der Waals surface area contributed by atoms with Crippen molar-refractivity contribution in [2.75, 3.05) is 6.54 Å². The predicted octanol–water partition coefficient (Wildman–Crippen LogP) is 6.90. The molecule has 0 heterocycles. The predicted molar refractivity (Wildman–Crippen MR) is 141 cm³/mol. The van der Waals surface area contributed by atoms with Crippen molar-refractivity contribution in [1.82, 2.24) is 10.6 Å². The highest BCUT2D eigenvalue weighted by atomic mass is 35.5. The van der Waals surface area contributed by atoms with Crippen molar-refractivity contribution in [2.24, 2.45) is 10.8 Å². The van der Waals surface area contributed by atoms with E-state index in [0.29, 0.717) is 37.8 Å². The summed E-state index contributed by atoms with van der Waals surface area (Å²) in [5.41, 5.74) is 1.08. The standard InChI is InChI=1S/C26H30Cl4N2O2/c1-25(2)12-16(32-24(34)11-18-21(29)8-5-9-22(18)30)13-26(3,14-25)15-31-23(33)10-17-19(27)6-4-7-20(17)28/h4-9,16H,10-15H2,1-3H3,(H,31,33)(H,32,34). The van der Waals surface area contributed by atoms with Gasteiger partial charge >= 0.3 is 0 Å². The van der Waals surface area contributed by atoms with Gasteiger partial charge in [0.1, 0.15) is 0 Å². The van der Waals surface area contributed by atoms with Gasteiger partial charge in [-0.25, -0.2) is 0 Å². The molecule has 2 aromatic rings. The van der Waals surface area contributed by atoms with E-state index in [1.807, 2.05) is 0 Å². The summed E-state index contributed by atoms with van der Waals surface area (Å²) in [6.45, 7) is 7.04. The zero-order chi connectivity index (χ0) is 25.1. The Kier molecular flexibility index (Phi) is 8.84. The minimum Gasteiger partial charge on any atom is -0.355 e. The van der Waals surface area contributed by atoms with Gasteiger partial charge < -0.3 is 10.6 Å². The molecular weight excluding hydrogens is 514 g/mol. The molecule has 1 aliphatic carbocycles. The maximum Gasteiger partial charge on any atom is 0.224 e. The van der Waals surface area contributed by atoms with E-state index in [2.05, 4.69) is 31.4 Å². The number of hydrogen-bond donors (Lipinski definition) is 2. The topological polar surface area (TPSA) is 58.2 Å². The first-order chi connectivity index (χ1) is 15.9. The fourth-order valence-electron chi connectivity index (χ4n) is 5.25. The Morgan fingerprint density at radius 3 is 1.79 bits per heavy atom.